The van der Waals surface area contributed by atoms with E-state index < -0.39 is 5.25 Å². The lowest BCUT2D eigenvalue weighted by molar-refractivity contribution is -0.127. The van der Waals surface area contributed by atoms with E-state index in [1.807, 2.05) is 54.6 Å². The number of benzene rings is 2. The molecule has 0 N–H and O–H groups in total. The van der Waals surface area contributed by atoms with E-state index in [1.165, 1.54) is 11.8 Å². The van der Waals surface area contributed by atoms with Gasteiger partial charge in [0, 0.05) is 23.2 Å². The molecule has 2 aliphatic heterocycles. The molecule has 7 heteroatoms. The number of likely N-dealkylation sites (tertiary alicyclic amines) is 1. The predicted octanol–water partition coefficient (Wildman–Crippen LogP) is 4.89. The largest absolute Gasteiger partial charge is 0.338 e. The summed E-state index contributed by atoms with van der Waals surface area (Å²) in [6, 6.07) is 19.2. The average Bonchev–Trinajstić information content (AvgIpc) is 3.12. The SMILES string of the molecule is N#CC(C(=O)N1CCCCC1)=C1SC(Cc2ccc(Br)cc2)C(=O)N1c1ccccc1. The molecular weight excluding hydrogens is 474 g/mol. The van der Waals surface area contributed by atoms with Crippen LogP contribution in [0.25, 0.3) is 0 Å². The number of amides is 2. The number of rotatable bonds is 4. The van der Waals surface area contributed by atoms with Crippen molar-refractivity contribution in [3.63, 3.8) is 0 Å². The van der Waals surface area contributed by atoms with Crippen LogP contribution in [0.15, 0.2) is 69.7 Å². The molecule has 0 bridgehead atoms. The molecule has 2 aliphatic rings. The van der Waals surface area contributed by atoms with Gasteiger partial charge in [-0.15, -0.1) is 0 Å². The zero-order chi connectivity index (χ0) is 21.8. The number of hydrogen-bond donors (Lipinski definition) is 0. The first-order valence-electron chi connectivity index (χ1n) is 10.3. The highest BCUT2D eigenvalue weighted by molar-refractivity contribution is 9.10. The third-order valence-electron chi connectivity index (χ3n) is 5.48. The molecule has 0 saturated carbocycles. The fourth-order valence-corrected chi connectivity index (χ4v) is 5.45. The van der Waals surface area contributed by atoms with Crippen molar-refractivity contribution in [3.05, 3.63) is 75.2 Å². The Bertz CT molecular complexity index is 1040. The Morgan fingerprint density at radius 3 is 2.39 bits per heavy atom. The highest BCUT2D eigenvalue weighted by atomic mass is 79.9. The molecule has 4 rings (SSSR count). The maximum absolute atomic E-state index is 13.4. The third kappa shape index (κ3) is 4.70. The summed E-state index contributed by atoms with van der Waals surface area (Å²) < 4.78 is 0.979. The maximum atomic E-state index is 13.4. The van der Waals surface area contributed by atoms with E-state index in [-0.39, 0.29) is 17.4 Å². The van der Waals surface area contributed by atoms with Crippen LogP contribution >= 0.6 is 27.7 Å². The standard InChI is InChI=1S/C24H22BrN3O2S/c25-18-11-9-17(10-12-18)15-21-23(30)28(19-7-3-1-4-8-19)24(31-21)20(16-26)22(29)27-13-5-2-6-14-27/h1,3-4,7-12,21H,2,5-6,13-15H2. The van der Waals surface area contributed by atoms with Crippen LogP contribution in [0, 0.1) is 11.3 Å². The molecule has 5 nitrogen and oxygen atoms in total. The molecule has 0 spiro atoms. The highest BCUT2D eigenvalue weighted by Crippen LogP contribution is 2.42. The van der Waals surface area contributed by atoms with Crippen LogP contribution in [0.4, 0.5) is 5.69 Å². The van der Waals surface area contributed by atoms with Crippen LogP contribution in [0.2, 0.25) is 0 Å². The Morgan fingerprint density at radius 2 is 1.74 bits per heavy atom. The quantitative estimate of drug-likeness (QED) is 0.447. The summed E-state index contributed by atoms with van der Waals surface area (Å²) in [6.45, 7) is 1.31. The fourth-order valence-electron chi connectivity index (χ4n) is 3.88. The third-order valence-corrected chi connectivity index (χ3v) is 7.28. The smallest absolute Gasteiger partial charge is 0.267 e. The monoisotopic (exact) mass is 495 g/mol. The molecule has 2 heterocycles. The Balaban J connectivity index is 1.71. The number of para-hydroxylation sites is 1. The first kappa shape index (κ1) is 21.7. The van der Waals surface area contributed by atoms with Crippen molar-refractivity contribution in [1.82, 2.24) is 4.90 Å². The van der Waals surface area contributed by atoms with Gasteiger partial charge in [-0.25, -0.2) is 0 Å². The molecule has 31 heavy (non-hydrogen) atoms. The van der Waals surface area contributed by atoms with Crippen LogP contribution in [0.3, 0.4) is 0 Å². The Kier molecular flexibility index (Phi) is 6.79. The number of carbonyl (C=O) groups excluding carboxylic acids is 2. The van der Waals surface area contributed by atoms with Gasteiger partial charge in [-0.2, -0.15) is 5.26 Å². The van der Waals surface area contributed by atoms with E-state index in [2.05, 4.69) is 22.0 Å². The second-order valence-corrected chi connectivity index (χ2v) is 9.70. The molecule has 2 fully saturated rings. The van der Waals surface area contributed by atoms with Crippen molar-refractivity contribution in [2.45, 2.75) is 30.9 Å². The van der Waals surface area contributed by atoms with Gasteiger partial charge in [0.25, 0.3) is 5.91 Å². The number of piperidine rings is 1. The molecule has 0 aromatic heterocycles. The van der Waals surface area contributed by atoms with Gasteiger partial charge < -0.3 is 4.90 Å². The van der Waals surface area contributed by atoms with Crippen molar-refractivity contribution in [2.75, 3.05) is 18.0 Å². The molecule has 2 saturated heterocycles. The minimum atomic E-state index is -0.395. The molecule has 1 atom stereocenters. The predicted molar refractivity (Wildman–Crippen MR) is 126 cm³/mol. The number of carbonyl (C=O) groups is 2. The lowest BCUT2D eigenvalue weighted by Gasteiger charge is -2.27. The minimum Gasteiger partial charge on any atom is -0.338 e. The minimum absolute atomic E-state index is 0.0578. The van der Waals surface area contributed by atoms with E-state index in [0.29, 0.717) is 30.2 Å². The van der Waals surface area contributed by atoms with Crippen molar-refractivity contribution < 1.29 is 9.59 Å². The van der Waals surface area contributed by atoms with E-state index in [9.17, 15) is 14.9 Å². The highest BCUT2D eigenvalue weighted by Gasteiger charge is 2.41. The molecule has 1 unspecified atom stereocenters. The van der Waals surface area contributed by atoms with Crippen molar-refractivity contribution in [3.8, 4) is 6.07 Å². The van der Waals surface area contributed by atoms with E-state index >= 15 is 0 Å². The zero-order valence-electron chi connectivity index (χ0n) is 17.0. The first-order chi connectivity index (χ1) is 15.1. The number of halogens is 1. The zero-order valence-corrected chi connectivity index (χ0v) is 19.4. The van der Waals surface area contributed by atoms with Gasteiger partial charge >= 0.3 is 0 Å². The molecule has 158 valence electrons. The summed E-state index contributed by atoms with van der Waals surface area (Å²) in [7, 11) is 0. The van der Waals surface area contributed by atoms with Gasteiger partial charge in [-0.05, 0) is 55.5 Å². The lowest BCUT2D eigenvalue weighted by atomic mass is 10.1. The van der Waals surface area contributed by atoms with Crippen molar-refractivity contribution in [2.24, 2.45) is 0 Å². The number of anilines is 1. The first-order valence-corrected chi connectivity index (χ1v) is 12.0. The van der Waals surface area contributed by atoms with E-state index in [4.69, 9.17) is 0 Å². The molecule has 2 aromatic carbocycles. The van der Waals surface area contributed by atoms with Crippen LogP contribution < -0.4 is 4.90 Å². The lowest BCUT2D eigenvalue weighted by Crippen LogP contribution is -2.37. The number of hydrogen-bond acceptors (Lipinski definition) is 4. The fraction of sp³-hybridized carbons (Fsp3) is 0.292. The van der Waals surface area contributed by atoms with Crippen LogP contribution in [0.1, 0.15) is 24.8 Å². The van der Waals surface area contributed by atoms with Crippen LogP contribution in [0.5, 0.6) is 0 Å². The van der Waals surface area contributed by atoms with Gasteiger partial charge in [-0.1, -0.05) is 58.0 Å². The van der Waals surface area contributed by atoms with E-state index in [0.717, 1.165) is 29.3 Å². The summed E-state index contributed by atoms with van der Waals surface area (Å²) in [5.74, 6) is -0.379. The topological polar surface area (TPSA) is 64.4 Å². The summed E-state index contributed by atoms with van der Waals surface area (Å²) in [5, 5.41) is 9.98. The average molecular weight is 496 g/mol. The van der Waals surface area contributed by atoms with Gasteiger partial charge in [0.15, 0.2) is 0 Å². The van der Waals surface area contributed by atoms with E-state index in [1.54, 1.807) is 9.80 Å². The molecule has 0 aliphatic carbocycles. The summed E-state index contributed by atoms with van der Waals surface area (Å²) >= 11 is 4.76. The van der Waals surface area contributed by atoms with Crippen LogP contribution in [-0.4, -0.2) is 35.1 Å². The Labute approximate surface area is 194 Å². The van der Waals surface area contributed by atoms with Gasteiger partial charge in [0.05, 0.1) is 5.25 Å². The van der Waals surface area contributed by atoms with Gasteiger partial charge in [-0.3, -0.25) is 14.5 Å². The van der Waals surface area contributed by atoms with Crippen molar-refractivity contribution in [1.29, 1.82) is 5.26 Å². The molecule has 2 amide bonds. The number of nitriles is 1. The number of nitrogens with zero attached hydrogens (tertiary/aromatic N) is 3. The maximum Gasteiger partial charge on any atom is 0.267 e. The molecular formula is C24H22BrN3O2S. The van der Waals surface area contributed by atoms with Crippen molar-refractivity contribution >= 4 is 45.2 Å². The molecule has 2 aromatic rings. The second-order valence-electron chi connectivity index (χ2n) is 7.59. The normalized spacial score (nSPS) is 20.5. The summed E-state index contributed by atoms with van der Waals surface area (Å²) in [5.41, 5.74) is 1.76. The molecule has 0 radical (unpaired) electrons. The number of thioether (sulfide) groups is 1. The van der Waals surface area contributed by atoms with Gasteiger partial charge in [0.2, 0.25) is 5.91 Å². The summed E-state index contributed by atoms with van der Waals surface area (Å²) in [4.78, 5) is 29.9. The Morgan fingerprint density at radius 1 is 1.06 bits per heavy atom. The van der Waals surface area contributed by atoms with Crippen LogP contribution in [-0.2, 0) is 16.0 Å². The Hall–Kier alpha value is -2.56. The second kappa shape index (κ2) is 9.71. The van der Waals surface area contributed by atoms with Gasteiger partial charge in [0.1, 0.15) is 16.7 Å². The summed E-state index contributed by atoms with van der Waals surface area (Å²) in [6.07, 6.45) is 3.52.